The highest BCUT2D eigenvalue weighted by Crippen LogP contribution is 2.41. The molecular weight excluding hydrogens is 220 g/mol. The highest BCUT2D eigenvalue weighted by Gasteiger charge is 2.37. The molecular formula is C16H20N2. The van der Waals surface area contributed by atoms with Crippen molar-refractivity contribution < 1.29 is 0 Å². The number of para-hydroxylation sites is 1. The van der Waals surface area contributed by atoms with Crippen LogP contribution in [-0.4, -0.2) is 17.6 Å². The summed E-state index contributed by atoms with van der Waals surface area (Å²) in [7, 11) is 0. The average Bonchev–Trinajstić information content (AvgIpc) is 2.92. The molecule has 2 fully saturated rings. The molecule has 1 saturated heterocycles. The molecule has 2 aromatic rings. The number of benzene rings is 1. The fourth-order valence-electron chi connectivity index (χ4n) is 3.77. The van der Waals surface area contributed by atoms with Gasteiger partial charge in [-0.1, -0.05) is 24.6 Å². The minimum Gasteiger partial charge on any atom is -0.361 e. The number of H-pyrrole nitrogens is 1. The van der Waals surface area contributed by atoms with E-state index in [9.17, 15) is 0 Å². The number of nitrogens with one attached hydrogen (secondary N) is 2. The monoisotopic (exact) mass is 240 g/mol. The molecule has 1 saturated carbocycles. The van der Waals surface area contributed by atoms with E-state index in [1.807, 2.05) is 0 Å². The largest absolute Gasteiger partial charge is 0.361 e. The van der Waals surface area contributed by atoms with Gasteiger partial charge in [0.2, 0.25) is 0 Å². The Labute approximate surface area is 108 Å². The molecule has 4 rings (SSSR count). The maximum Gasteiger partial charge on any atom is 0.0456 e. The Morgan fingerprint density at radius 2 is 1.94 bits per heavy atom. The van der Waals surface area contributed by atoms with Crippen LogP contribution in [-0.2, 0) is 0 Å². The summed E-state index contributed by atoms with van der Waals surface area (Å²) < 4.78 is 0. The second-order valence-corrected chi connectivity index (χ2v) is 5.86. The van der Waals surface area contributed by atoms with Crippen LogP contribution in [0.2, 0.25) is 0 Å². The van der Waals surface area contributed by atoms with Crippen LogP contribution in [0.3, 0.4) is 0 Å². The summed E-state index contributed by atoms with van der Waals surface area (Å²) in [5.74, 6) is 1.64. The van der Waals surface area contributed by atoms with Gasteiger partial charge in [0.05, 0.1) is 0 Å². The van der Waals surface area contributed by atoms with Gasteiger partial charge in [0.15, 0.2) is 0 Å². The molecule has 0 spiro atoms. The SMILES string of the molecule is c1ccc2c(C3CCNC3C3CCC3)c[nH]c2c1. The molecule has 18 heavy (non-hydrogen) atoms. The van der Waals surface area contributed by atoms with Crippen LogP contribution in [0.4, 0.5) is 0 Å². The summed E-state index contributed by atoms with van der Waals surface area (Å²) >= 11 is 0. The summed E-state index contributed by atoms with van der Waals surface area (Å²) in [5, 5.41) is 5.17. The number of hydrogen-bond donors (Lipinski definition) is 2. The Morgan fingerprint density at radius 1 is 1.06 bits per heavy atom. The molecule has 1 aromatic carbocycles. The predicted molar refractivity (Wildman–Crippen MR) is 74.8 cm³/mol. The molecule has 0 radical (unpaired) electrons. The number of hydrogen-bond acceptors (Lipinski definition) is 1. The second-order valence-electron chi connectivity index (χ2n) is 5.86. The van der Waals surface area contributed by atoms with E-state index < -0.39 is 0 Å². The van der Waals surface area contributed by atoms with Crippen molar-refractivity contribution in [3.05, 3.63) is 36.0 Å². The zero-order valence-corrected chi connectivity index (χ0v) is 10.7. The summed E-state index contributed by atoms with van der Waals surface area (Å²) in [6.07, 6.45) is 7.83. The van der Waals surface area contributed by atoms with Crippen molar-refractivity contribution in [2.45, 2.75) is 37.6 Å². The Bertz CT molecular complexity index is 553. The first kappa shape index (κ1) is 10.6. The van der Waals surface area contributed by atoms with Crippen LogP contribution in [0.5, 0.6) is 0 Å². The van der Waals surface area contributed by atoms with Crippen molar-refractivity contribution in [3.63, 3.8) is 0 Å². The molecule has 2 atom stereocenters. The maximum absolute atomic E-state index is 3.75. The van der Waals surface area contributed by atoms with Crippen molar-refractivity contribution in [1.82, 2.24) is 10.3 Å². The van der Waals surface area contributed by atoms with E-state index in [2.05, 4.69) is 40.8 Å². The van der Waals surface area contributed by atoms with E-state index in [1.165, 1.54) is 48.7 Å². The van der Waals surface area contributed by atoms with Crippen molar-refractivity contribution >= 4 is 10.9 Å². The number of fused-ring (bicyclic) bond motifs is 1. The highest BCUT2D eigenvalue weighted by molar-refractivity contribution is 5.83. The van der Waals surface area contributed by atoms with E-state index in [0.29, 0.717) is 5.92 Å². The zero-order chi connectivity index (χ0) is 11.9. The lowest BCUT2D eigenvalue weighted by atomic mass is 9.74. The summed E-state index contributed by atoms with van der Waals surface area (Å²) in [4.78, 5) is 3.43. The molecule has 2 heteroatoms. The van der Waals surface area contributed by atoms with Gasteiger partial charge in [-0.2, -0.15) is 0 Å². The van der Waals surface area contributed by atoms with Crippen LogP contribution >= 0.6 is 0 Å². The molecule has 1 aliphatic carbocycles. The fourth-order valence-corrected chi connectivity index (χ4v) is 3.77. The van der Waals surface area contributed by atoms with E-state index >= 15 is 0 Å². The highest BCUT2D eigenvalue weighted by atomic mass is 15.0. The Morgan fingerprint density at radius 3 is 2.78 bits per heavy atom. The van der Waals surface area contributed by atoms with E-state index in [-0.39, 0.29) is 0 Å². The standard InChI is InChI=1S/C16H20N2/c1-2-7-15-12(6-1)14(10-18-15)13-8-9-17-16(13)11-4-3-5-11/h1-2,6-7,10-11,13,16-18H,3-5,8-9H2. The number of aromatic nitrogens is 1. The van der Waals surface area contributed by atoms with Crippen molar-refractivity contribution in [2.24, 2.45) is 5.92 Å². The van der Waals surface area contributed by atoms with Gasteiger partial charge < -0.3 is 10.3 Å². The third-order valence-corrected chi connectivity index (χ3v) is 4.95. The Kier molecular flexibility index (Phi) is 2.44. The lowest BCUT2D eigenvalue weighted by Gasteiger charge is -2.35. The van der Waals surface area contributed by atoms with Crippen LogP contribution in [0, 0.1) is 5.92 Å². The van der Waals surface area contributed by atoms with Crippen molar-refractivity contribution in [1.29, 1.82) is 0 Å². The van der Waals surface area contributed by atoms with Gasteiger partial charge in [0, 0.05) is 29.1 Å². The Balaban J connectivity index is 1.72. The third kappa shape index (κ3) is 1.52. The molecule has 2 nitrogen and oxygen atoms in total. The van der Waals surface area contributed by atoms with Gasteiger partial charge in [-0.3, -0.25) is 0 Å². The molecule has 2 aliphatic rings. The quantitative estimate of drug-likeness (QED) is 0.827. The normalized spacial score (nSPS) is 28.7. The molecule has 2 unspecified atom stereocenters. The van der Waals surface area contributed by atoms with Gasteiger partial charge in [-0.05, 0) is 43.4 Å². The van der Waals surface area contributed by atoms with E-state index in [0.717, 1.165) is 12.0 Å². The second kappa shape index (κ2) is 4.13. The summed E-state index contributed by atoms with van der Waals surface area (Å²) in [6.45, 7) is 1.19. The topological polar surface area (TPSA) is 27.8 Å². The molecule has 2 heterocycles. The van der Waals surface area contributed by atoms with Gasteiger partial charge in [-0.25, -0.2) is 0 Å². The smallest absolute Gasteiger partial charge is 0.0456 e. The summed E-state index contributed by atoms with van der Waals surface area (Å²) in [5.41, 5.74) is 2.82. The Hall–Kier alpha value is -1.28. The molecule has 1 aliphatic heterocycles. The first-order chi connectivity index (χ1) is 8.93. The lowest BCUT2D eigenvalue weighted by molar-refractivity contribution is 0.232. The van der Waals surface area contributed by atoms with Crippen molar-refractivity contribution in [3.8, 4) is 0 Å². The van der Waals surface area contributed by atoms with Crippen LogP contribution < -0.4 is 5.32 Å². The average molecular weight is 240 g/mol. The third-order valence-electron chi connectivity index (χ3n) is 4.95. The van der Waals surface area contributed by atoms with Gasteiger partial charge in [0.25, 0.3) is 0 Å². The van der Waals surface area contributed by atoms with Crippen molar-refractivity contribution in [2.75, 3.05) is 6.54 Å². The molecule has 94 valence electrons. The fraction of sp³-hybridized carbons (Fsp3) is 0.500. The minimum atomic E-state index is 0.714. The van der Waals surface area contributed by atoms with Crippen LogP contribution in [0.1, 0.15) is 37.2 Å². The predicted octanol–water partition coefficient (Wildman–Crippen LogP) is 3.41. The number of rotatable bonds is 2. The van der Waals surface area contributed by atoms with Gasteiger partial charge >= 0.3 is 0 Å². The maximum atomic E-state index is 3.75. The van der Waals surface area contributed by atoms with E-state index in [1.54, 1.807) is 0 Å². The molecule has 0 bridgehead atoms. The van der Waals surface area contributed by atoms with Gasteiger partial charge in [-0.15, -0.1) is 0 Å². The van der Waals surface area contributed by atoms with Crippen LogP contribution in [0.25, 0.3) is 10.9 Å². The summed E-state index contributed by atoms with van der Waals surface area (Å²) in [6, 6.07) is 9.42. The zero-order valence-electron chi connectivity index (χ0n) is 10.7. The number of aromatic amines is 1. The van der Waals surface area contributed by atoms with Crippen LogP contribution in [0.15, 0.2) is 30.5 Å². The molecule has 0 amide bonds. The van der Waals surface area contributed by atoms with E-state index in [4.69, 9.17) is 0 Å². The molecule has 2 N–H and O–H groups in total. The molecule has 1 aromatic heterocycles. The lowest BCUT2D eigenvalue weighted by Crippen LogP contribution is -2.37. The first-order valence-corrected chi connectivity index (χ1v) is 7.23. The minimum absolute atomic E-state index is 0.714. The first-order valence-electron chi connectivity index (χ1n) is 7.23. The van der Waals surface area contributed by atoms with Gasteiger partial charge in [0.1, 0.15) is 0 Å².